The first-order valence-electron chi connectivity index (χ1n) is 13.3. The molecular formula is C35H30N2O4. The summed E-state index contributed by atoms with van der Waals surface area (Å²) in [5, 5.41) is 4.13. The number of nitrogens with zero attached hydrogens (tertiary/aromatic N) is 1. The third-order valence-electron chi connectivity index (χ3n) is 6.16. The highest BCUT2D eigenvalue weighted by Gasteiger charge is 2.20. The van der Waals surface area contributed by atoms with Crippen molar-refractivity contribution >= 4 is 12.1 Å². The maximum Gasteiger partial charge on any atom is 0.271 e. The minimum atomic E-state index is -0.402. The summed E-state index contributed by atoms with van der Waals surface area (Å²) >= 11 is 0. The van der Waals surface area contributed by atoms with Gasteiger partial charge in [-0.05, 0) is 34.4 Å². The number of benzene rings is 5. The Hall–Kier alpha value is -5.36. The van der Waals surface area contributed by atoms with Gasteiger partial charge in [-0.15, -0.1) is 0 Å². The van der Waals surface area contributed by atoms with Gasteiger partial charge in [0.15, 0.2) is 11.5 Å². The molecule has 0 radical (unpaired) electrons. The molecule has 0 saturated heterocycles. The summed E-state index contributed by atoms with van der Waals surface area (Å²) in [5.74, 6) is 0.811. The molecule has 41 heavy (non-hydrogen) atoms. The number of carbonyl (C=O) groups is 1. The second-order valence-electron chi connectivity index (χ2n) is 9.23. The Kier molecular flexibility index (Phi) is 9.39. The molecule has 0 unspecified atom stereocenters. The third kappa shape index (κ3) is 8.07. The fourth-order valence-electron chi connectivity index (χ4n) is 4.03. The van der Waals surface area contributed by atoms with Crippen LogP contribution < -0.4 is 19.6 Å². The molecule has 0 aliphatic heterocycles. The van der Waals surface area contributed by atoms with E-state index in [1.54, 1.807) is 18.3 Å². The lowest BCUT2D eigenvalue weighted by atomic mass is 10.1. The van der Waals surface area contributed by atoms with E-state index in [1.807, 2.05) is 121 Å². The zero-order valence-corrected chi connectivity index (χ0v) is 22.5. The van der Waals surface area contributed by atoms with Crippen LogP contribution in [-0.4, -0.2) is 12.1 Å². The van der Waals surface area contributed by atoms with Crippen LogP contribution in [0.25, 0.3) is 0 Å². The van der Waals surface area contributed by atoms with Gasteiger partial charge in [-0.2, -0.15) is 5.10 Å². The average Bonchev–Trinajstić information content (AvgIpc) is 3.04. The Morgan fingerprint density at radius 1 is 0.585 bits per heavy atom. The van der Waals surface area contributed by atoms with Crippen LogP contribution in [0.15, 0.2) is 139 Å². The van der Waals surface area contributed by atoms with E-state index in [2.05, 4.69) is 10.5 Å². The van der Waals surface area contributed by atoms with Gasteiger partial charge in [0.25, 0.3) is 5.91 Å². The number of hydrogen-bond acceptors (Lipinski definition) is 5. The number of ether oxygens (including phenoxy) is 3. The van der Waals surface area contributed by atoms with Gasteiger partial charge in [-0.25, -0.2) is 5.43 Å². The molecule has 0 aliphatic rings. The van der Waals surface area contributed by atoms with Gasteiger partial charge in [0.2, 0.25) is 5.75 Å². The molecule has 0 atom stereocenters. The van der Waals surface area contributed by atoms with Crippen LogP contribution in [-0.2, 0) is 19.8 Å². The van der Waals surface area contributed by atoms with E-state index in [-0.39, 0.29) is 13.2 Å². The minimum absolute atomic E-state index is 0.290. The smallest absolute Gasteiger partial charge is 0.271 e. The van der Waals surface area contributed by atoms with Gasteiger partial charge in [0.1, 0.15) is 19.8 Å². The number of nitrogens with one attached hydrogen (secondary N) is 1. The van der Waals surface area contributed by atoms with Crippen molar-refractivity contribution in [3.63, 3.8) is 0 Å². The Labute approximate surface area is 239 Å². The molecule has 0 aliphatic carbocycles. The number of carbonyl (C=O) groups excluding carboxylic acids is 1. The topological polar surface area (TPSA) is 69.2 Å². The van der Waals surface area contributed by atoms with Crippen LogP contribution in [0.3, 0.4) is 0 Å². The van der Waals surface area contributed by atoms with Gasteiger partial charge in [0, 0.05) is 5.56 Å². The molecular weight excluding hydrogens is 512 g/mol. The second-order valence-corrected chi connectivity index (χ2v) is 9.23. The maximum absolute atomic E-state index is 13.2. The summed E-state index contributed by atoms with van der Waals surface area (Å²) in [6.45, 7) is 0.882. The van der Waals surface area contributed by atoms with Crippen molar-refractivity contribution in [2.24, 2.45) is 5.10 Å². The van der Waals surface area contributed by atoms with Crippen LogP contribution in [0.5, 0.6) is 17.2 Å². The Morgan fingerprint density at radius 2 is 1.00 bits per heavy atom. The van der Waals surface area contributed by atoms with Crippen molar-refractivity contribution in [3.05, 3.63) is 161 Å². The van der Waals surface area contributed by atoms with E-state index in [9.17, 15) is 4.79 Å². The zero-order chi connectivity index (χ0) is 28.1. The van der Waals surface area contributed by atoms with Crippen LogP contribution in [0.1, 0.15) is 32.6 Å². The van der Waals surface area contributed by atoms with Crippen molar-refractivity contribution in [1.29, 1.82) is 0 Å². The molecule has 1 amide bonds. The summed E-state index contributed by atoms with van der Waals surface area (Å²) in [7, 11) is 0. The summed E-state index contributed by atoms with van der Waals surface area (Å²) in [5.41, 5.74) is 6.76. The van der Waals surface area contributed by atoms with E-state index >= 15 is 0 Å². The monoisotopic (exact) mass is 542 g/mol. The van der Waals surface area contributed by atoms with E-state index in [0.717, 1.165) is 22.3 Å². The zero-order valence-electron chi connectivity index (χ0n) is 22.5. The maximum atomic E-state index is 13.2. The molecule has 6 heteroatoms. The number of amides is 1. The molecule has 5 aromatic carbocycles. The van der Waals surface area contributed by atoms with Gasteiger partial charge < -0.3 is 14.2 Å². The normalized spacial score (nSPS) is 10.7. The standard InChI is InChI=1S/C35H30N2O4/c38-35(37-36-23-27-13-5-1-6-14-27)31-21-32(39-24-28-15-7-2-8-16-28)34(41-26-30-19-11-4-12-20-30)33(22-31)40-25-29-17-9-3-10-18-29/h1-23H,24-26H2,(H,37,38)/b36-23+. The van der Waals surface area contributed by atoms with Crippen LogP contribution in [0.4, 0.5) is 0 Å². The molecule has 0 fully saturated rings. The quantitative estimate of drug-likeness (QED) is 0.134. The van der Waals surface area contributed by atoms with Crippen molar-refractivity contribution < 1.29 is 19.0 Å². The van der Waals surface area contributed by atoms with Gasteiger partial charge in [-0.1, -0.05) is 121 Å². The molecule has 6 nitrogen and oxygen atoms in total. The lowest BCUT2D eigenvalue weighted by molar-refractivity contribution is 0.0953. The molecule has 0 heterocycles. The predicted octanol–water partition coefficient (Wildman–Crippen LogP) is 7.19. The Morgan fingerprint density at radius 3 is 1.46 bits per heavy atom. The van der Waals surface area contributed by atoms with E-state index in [1.165, 1.54) is 0 Å². The van der Waals surface area contributed by atoms with E-state index in [4.69, 9.17) is 14.2 Å². The summed E-state index contributed by atoms with van der Waals surface area (Å²) in [6, 6.07) is 42.3. The molecule has 0 spiro atoms. The van der Waals surface area contributed by atoms with Crippen molar-refractivity contribution in [2.75, 3.05) is 0 Å². The largest absolute Gasteiger partial charge is 0.485 e. The third-order valence-corrected chi connectivity index (χ3v) is 6.16. The van der Waals surface area contributed by atoms with Crippen LogP contribution >= 0.6 is 0 Å². The number of rotatable bonds is 12. The summed E-state index contributed by atoms with van der Waals surface area (Å²) < 4.78 is 18.8. The molecule has 5 rings (SSSR count). The SMILES string of the molecule is O=C(N/N=C/c1ccccc1)c1cc(OCc2ccccc2)c(OCc2ccccc2)c(OCc2ccccc2)c1. The molecule has 0 bridgehead atoms. The lowest BCUT2D eigenvalue weighted by Crippen LogP contribution is -2.18. The van der Waals surface area contributed by atoms with Crippen molar-refractivity contribution in [2.45, 2.75) is 19.8 Å². The molecule has 0 aromatic heterocycles. The minimum Gasteiger partial charge on any atom is -0.485 e. The summed E-state index contributed by atoms with van der Waals surface area (Å²) in [6.07, 6.45) is 1.59. The first-order valence-corrected chi connectivity index (χ1v) is 13.3. The first kappa shape index (κ1) is 27.2. The lowest BCUT2D eigenvalue weighted by Gasteiger charge is -2.19. The number of hydrazone groups is 1. The highest BCUT2D eigenvalue weighted by Crippen LogP contribution is 2.40. The molecule has 5 aromatic rings. The average molecular weight is 543 g/mol. The molecule has 1 N–H and O–H groups in total. The molecule has 204 valence electrons. The Bertz CT molecular complexity index is 1490. The predicted molar refractivity (Wildman–Crippen MR) is 160 cm³/mol. The second kappa shape index (κ2) is 14.1. The van der Waals surface area contributed by atoms with E-state index < -0.39 is 5.91 Å². The van der Waals surface area contributed by atoms with Crippen molar-refractivity contribution in [1.82, 2.24) is 5.43 Å². The van der Waals surface area contributed by atoms with Gasteiger partial charge >= 0.3 is 0 Å². The highest BCUT2D eigenvalue weighted by atomic mass is 16.5. The van der Waals surface area contributed by atoms with Gasteiger partial charge in [-0.3, -0.25) is 4.79 Å². The first-order chi connectivity index (χ1) is 20.2. The fourth-order valence-corrected chi connectivity index (χ4v) is 4.03. The fraction of sp³-hybridized carbons (Fsp3) is 0.0857. The van der Waals surface area contributed by atoms with E-state index in [0.29, 0.717) is 29.4 Å². The van der Waals surface area contributed by atoms with Crippen LogP contribution in [0.2, 0.25) is 0 Å². The molecule has 0 saturated carbocycles. The van der Waals surface area contributed by atoms with Crippen molar-refractivity contribution in [3.8, 4) is 17.2 Å². The number of hydrogen-bond donors (Lipinski definition) is 1. The Balaban J connectivity index is 1.45. The van der Waals surface area contributed by atoms with Gasteiger partial charge in [0.05, 0.1) is 6.21 Å². The van der Waals surface area contributed by atoms with Crippen LogP contribution in [0, 0.1) is 0 Å². The highest BCUT2D eigenvalue weighted by molar-refractivity contribution is 5.96. The summed E-state index contributed by atoms with van der Waals surface area (Å²) in [4.78, 5) is 13.2.